The Labute approximate surface area is 144 Å². The van der Waals surface area contributed by atoms with Crippen molar-refractivity contribution < 1.29 is 26.9 Å². The number of hydrogen-bond donors (Lipinski definition) is 1. The average Bonchev–Trinajstić information content (AvgIpc) is 3.08. The van der Waals surface area contributed by atoms with Crippen molar-refractivity contribution in [3.63, 3.8) is 0 Å². The van der Waals surface area contributed by atoms with Crippen LogP contribution in [0.4, 0.5) is 17.6 Å². The average molecular weight is 365 g/mol. The zero-order valence-electron chi connectivity index (χ0n) is 13.1. The lowest BCUT2D eigenvalue weighted by Gasteiger charge is -2.05. The van der Waals surface area contributed by atoms with E-state index >= 15 is 0 Å². The molecule has 0 aliphatic carbocycles. The van der Waals surface area contributed by atoms with E-state index in [4.69, 9.17) is 4.52 Å². The fourth-order valence-electron chi connectivity index (χ4n) is 2.19. The van der Waals surface area contributed by atoms with Crippen LogP contribution in [0.5, 0.6) is 0 Å². The van der Waals surface area contributed by atoms with E-state index in [2.05, 4.69) is 15.5 Å². The van der Waals surface area contributed by atoms with Crippen LogP contribution in [0.3, 0.4) is 0 Å². The molecule has 0 spiro atoms. The van der Waals surface area contributed by atoms with Crippen LogP contribution in [0, 0.1) is 23.3 Å². The van der Waals surface area contributed by atoms with Crippen LogP contribution in [0.1, 0.15) is 16.2 Å². The molecule has 3 aromatic rings. The lowest BCUT2D eigenvalue weighted by atomic mass is 10.2. The first-order valence-corrected chi connectivity index (χ1v) is 7.46. The third kappa shape index (κ3) is 3.56. The number of carbonyl (C=O) groups excluding carboxylic acids is 1. The number of aromatic nitrogens is 2. The molecule has 5 nitrogen and oxygen atoms in total. The molecule has 0 saturated carbocycles. The lowest BCUT2D eigenvalue weighted by Crippen LogP contribution is -2.27. The fourth-order valence-corrected chi connectivity index (χ4v) is 2.19. The molecular weight excluding hydrogens is 354 g/mol. The molecule has 9 heteroatoms. The molecule has 0 bridgehead atoms. The SMILES string of the molecule is O=C(NCCc1nc(-c2ccccc2F)no1)c1ccc(F)c(F)c1F. The molecule has 0 aliphatic heterocycles. The Morgan fingerprint density at radius 3 is 2.54 bits per heavy atom. The van der Waals surface area contributed by atoms with Gasteiger partial charge in [-0.2, -0.15) is 4.98 Å². The van der Waals surface area contributed by atoms with Gasteiger partial charge in [0.15, 0.2) is 17.5 Å². The molecule has 0 unspecified atom stereocenters. The summed E-state index contributed by atoms with van der Waals surface area (Å²) in [6.07, 6.45) is 0.0818. The van der Waals surface area contributed by atoms with Crippen LogP contribution >= 0.6 is 0 Å². The summed E-state index contributed by atoms with van der Waals surface area (Å²) in [6, 6.07) is 7.37. The Morgan fingerprint density at radius 2 is 1.77 bits per heavy atom. The van der Waals surface area contributed by atoms with Crippen molar-refractivity contribution in [3.05, 3.63) is 71.1 Å². The smallest absolute Gasteiger partial charge is 0.254 e. The van der Waals surface area contributed by atoms with Crippen molar-refractivity contribution in [3.8, 4) is 11.4 Å². The minimum Gasteiger partial charge on any atom is -0.351 e. The maximum absolute atomic E-state index is 13.7. The zero-order chi connectivity index (χ0) is 18.7. The number of nitrogens with one attached hydrogen (secondary N) is 1. The molecule has 0 fully saturated rings. The Hall–Kier alpha value is -3.23. The predicted octanol–water partition coefficient (Wildman–Crippen LogP) is 3.27. The molecular formula is C17H11F4N3O2. The fraction of sp³-hybridized carbons (Fsp3) is 0.118. The van der Waals surface area contributed by atoms with E-state index in [0.717, 1.165) is 6.07 Å². The molecule has 0 radical (unpaired) electrons. The van der Waals surface area contributed by atoms with Gasteiger partial charge in [0.05, 0.1) is 11.1 Å². The lowest BCUT2D eigenvalue weighted by molar-refractivity contribution is 0.0948. The van der Waals surface area contributed by atoms with Crippen LogP contribution in [0.25, 0.3) is 11.4 Å². The van der Waals surface area contributed by atoms with Gasteiger partial charge in [0.1, 0.15) is 5.82 Å². The molecule has 3 rings (SSSR count). The summed E-state index contributed by atoms with van der Waals surface area (Å²) in [6.45, 7) is -0.0316. The number of halogens is 4. The van der Waals surface area contributed by atoms with Gasteiger partial charge in [0, 0.05) is 13.0 Å². The molecule has 0 atom stereocenters. The standard InChI is InChI=1S/C17H11F4N3O2/c18-11-4-2-1-3-9(11)16-23-13(26-24-16)7-8-22-17(25)10-5-6-12(19)15(21)14(10)20/h1-6H,7-8H2,(H,22,25). The van der Waals surface area contributed by atoms with Crippen LogP contribution in [-0.4, -0.2) is 22.6 Å². The second-order valence-electron chi connectivity index (χ2n) is 5.22. The highest BCUT2D eigenvalue weighted by molar-refractivity contribution is 5.94. The molecule has 2 aromatic carbocycles. The third-order valence-electron chi connectivity index (χ3n) is 3.49. The van der Waals surface area contributed by atoms with Gasteiger partial charge in [0.2, 0.25) is 11.7 Å². The van der Waals surface area contributed by atoms with E-state index < -0.39 is 34.7 Å². The third-order valence-corrected chi connectivity index (χ3v) is 3.49. The summed E-state index contributed by atoms with van der Waals surface area (Å²) in [7, 11) is 0. The summed E-state index contributed by atoms with van der Waals surface area (Å²) in [5, 5.41) is 5.97. The molecule has 1 aromatic heterocycles. The Morgan fingerprint density at radius 1 is 1.00 bits per heavy atom. The van der Waals surface area contributed by atoms with Crippen molar-refractivity contribution in [1.82, 2.24) is 15.5 Å². The Bertz CT molecular complexity index is 959. The van der Waals surface area contributed by atoms with Crippen molar-refractivity contribution in [2.24, 2.45) is 0 Å². The Balaban J connectivity index is 1.62. The van der Waals surface area contributed by atoms with Gasteiger partial charge in [-0.05, 0) is 24.3 Å². The minimum absolute atomic E-state index is 0.0316. The second kappa shape index (κ2) is 7.34. The van der Waals surface area contributed by atoms with Crippen molar-refractivity contribution in [2.45, 2.75) is 6.42 Å². The molecule has 26 heavy (non-hydrogen) atoms. The van der Waals surface area contributed by atoms with Gasteiger partial charge >= 0.3 is 0 Å². The molecule has 0 saturated heterocycles. The number of benzene rings is 2. The van der Waals surface area contributed by atoms with Gasteiger partial charge in [-0.3, -0.25) is 4.79 Å². The number of hydrogen-bond acceptors (Lipinski definition) is 4. The number of rotatable bonds is 5. The summed E-state index contributed by atoms with van der Waals surface area (Å²) in [5.41, 5.74) is -0.461. The quantitative estimate of drug-likeness (QED) is 0.557. The van der Waals surface area contributed by atoms with Crippen molar-refractivity contribution in [1.29, 1.82) is 0 Å². The molecule has 1 heterocycles. The van der Waals surface area contributed by atoms with Gasteiger partial charge in [-0.1, -0.05) is 17.3 Å². The highest BCUT2D eigenvalue weighted by Gasteiger charge is 2.19. The minimum atomic E-state index is -1.72. The molecule has 1 N–H and O–H groups in total. The van der Waals surface area contributed by atoms with Crippen molar-refractivity contribution in [2.75, 3.05) is 6.54 Å². The summed E-state index contributed by atoms with van der Waals surface area (Å²) in [5.74, 6) is -5.93. The molecule has 134 valence electrons. The highest BCUT2D eigenvalue weighted by Crippen LogP contribution is 2.19. The monoisotopic (exact) mass is 365 g/mol. The first kappa shape index (κ1) is 17.6. The van der Waals surface area contributed by atoms with Gasteiger partial charge in [-0.25, -0.2) is 17.6 Å². The summed E-state index contributed by atoms with van der Waals surface area (Å²) >= 11 is 0. The summed E-state index contributed by atoms with van der Waals surface area (Å²) < 4.78 is 58.2. The summed E-state index contributed by atoms with van der Waals surface area (Å²) in [4.78, 5) is 15.8. The number of carbonyl (C=O) groups is 1. The van der Waals surface area contributed by atoms with E-state index in [1.54, 1.807) is 6.07 Å². The first-order chi connectivity index (χ1) is 12.5. The normalized spacial score (nSPS) is 10.8. The zero-order valence-corrected chi connectivity index (χ0v) is 13.1. The van der Waals surface area contributed by atoms with E-state index in [1.165, 1.54) is 18.2 Å². The van der Waals surface area contributed by atoms with E-state index in [1.807, 2.05) is 0 Å². The van der Waals surface area contributed by atoms with Gasteiger partial charge < -0.3 is 9.84 Å². The van der Waals surface area contributed by atoms with Gasteiger partial charge in [-0.15, -0.1) is 0 Å². The predicted molar refractivity (Wildman–Crippen MR) is 82.0 cm³/mol. The largest absolute Gasteiger partial charge is 0.351 e. The van der Waals surface area contributed by atoms with Crippen LogP contribution in [0.15, 0.2) is 40.9 Å². The van der Waals surface area contributed by atoms with E-state index in [0.29, 0.717) is 6.07 Å². The number of amides is 1. The van der Waals surface area contributed by atoms with Crippen molar-refractivity contribution >= 4 is 5.91 Å². The topological polar surface area (TPSA) is 68.0 Å². The van der Waals surface area contributed by atoms with Crippen LogP contribution in [0.2, 0.25) is 0 Å². The highest BCUT2D eigenvalue weighted by atomic mass is 19.2. The first-order valence-electron chi connectivity index (χ1n) is 7.46. The molecule has 1 amide bonds. The second-order valence-corrected chi connectivity index (χ2v) is 5.22. The maximum atomic E-state index is 13.7. The van der Waals surface area contributed by atoms with Crippen LogP contribution in [-0.2, 0) is 6.42 Å². The number of nitrogens with zero attached hydrogens (tertiary/aromatic N) is 2. The maximum Gasteiger partial charge on any atom is 0.254 e. The van der Waals surface area contributed by atoms with Crippen LogP contribution < -0.4 is 5.32 Å². The van der Waals surface area contributed by atoms with Gasteiger partial charge in [0.25, 0.3) is 5.91 Å². The van der Waals surface area contributed by atoms with E-state index in [-0.39, 0.29) is 30.2 Å². The Kier molecular flexibility index (Phi) is 4.97. The molecule has 0 aliphatic rings. The van der Waals surface area contributed by atoms with E-state index in [9.17, 15) is 22.4 Å².